The van der Waals surface area contributed by atoms with Crippen LogP contribution in [0.15, 0.2) is 54.7 Å². The van der Waals surface area contributed by atoms with Crippen molar-refractivity contribution in [1.29, 1.82) is 0 Å². The van der Waals surface area contributed by atoms with E-state index in [1.165, 1.54) is 12.3 Å². The molecule has 1 aromatic heterocycles. The van der Waals surface area contributed by atoms with Gasteiger partial charge >= 0.3 is 0 Å². The highest BCUT2D eigenvalue weighted by atomic mass is 19.1. The maximum atomic E-state index is 14.0. The molecule has 1 aliphatic rings. The number of nitrogens with zero attached hydrogens (tertiary/aromatic N) is 3. The summed E-state index contributed by atoms with van der Waals surface area (Å²) < 4.78 is 28.0. The Kier molecular flexibility index (Phi) is 7.74. The molecule has 0 atom stereocenters. The zero-order chi connectivity index (χ0) is 25.7. The Morgan fingerprint density at radius 3 is 2.33 bits per heavy atom. The number of nitrogens with one attached hydrogen (secondary N) is 2. The van der Waals surface area contributed by atoms with Crippen LogP contribution in [0.25, 0.3) is 0 Å². The minimum Gasteiger partial charge on any atom is -0.380 e. The van der Waals surface area contributed by atoms with Crippen molar-refractivity contribution in [3.8, 4) is 0 Å². The van der Waals surface area contributed by atoms with Crippen LogP contribution in [0.1, 0.15) is 21.5 Å². The highest BCUT2D eigenvalue weighted by Crippen LogP contribution is 2.23. The molecule has 1 aliphatic heterocycles. The Bertz CT molecular complexity index is 1220. The van der Waals surface area contributed by atoms with Crippen LogP contribution in [0.4, 0.5) is 26.0 Å². The van der Waals surface area contributed by atoms with Crippen molar-refractivity contribution in [3.63, 3.8) is 0 Å². The first kappa shape index (κ1) is 25.1. The molecular weight excluding hydrogens is 466 g/mol. The van der Waals surface area contributed by atoms with E-state index in [0.717, 1.165) is 49.6 Å². The van der Waals surface area contributed by atoms with Crippen molar-refractivity contribution in [2.75, 3.05) is 43.9 Å². The molecule has 2 heterocycles. The number of hydrogen-bond acceptors (Lipinski definition) is 6. The SMILES string of the molecule is CN1CCN(C(=O)Cc2ccc(Nc3cc(NCc4c(F)cccc4F)c(C(N)=O)cn3)cc2)CC1. The van der Waals surface area contributed by atoms with Crippen molar-refractivity contribution in [3.05, 3.63) is 83.1 Å². The summed E-state index contributed by atoms with van der Waals surface area (Å²) in [6.07, 6.45) is 1.63. The lowest BCUT2D eigenvalue weighted by molar-refractivity contribution is -0.132. The molecule has 1 saturated heterocycles. The van der Waals surface area contributed by atoms with Crippen LogP contribution in [0.3, 0.4) is 0 Å². The molecule has 36 heavy (non-hydrogen) atoms. The maximum Gasteiger partial charge on any atom is 0.252 e. The molecule has 0 radical (unpaired) electrons. The molecule has 0 aliphatic carbocycles. The molecule has 0 bridgehead atoms. The van der Waals surface area contributed by atoms with Crippen LogP contribution in [0.2, 0.25) is 0 Å². The number of benzene rings is 2. The zero-order valence-corrected chi connectivity index (χ0v) is 19.9. The summed E-state index contributed by atoms with van der Waals surface area (Å²) in [5, 5.41) is 6.01. The van der Waals surface area contributed by atoms with Crippen molar-refractivity contribution in [2.45, 2.75) is 13.0 Å². The molecule has 4 N–H and O–H groups in total. The number of amides is 2. The molecule has 0 spiro atoms. The van der Waals surface area contributed by atoms with Crippen LogP contribution in [0, 0.1) is 11.6 Å². The van der Waals surface area contributed by atoms with Gasteiger partial charge in [-0.05, 0) is 36.9 Å². The first-order chi connectivity index (χ1) is 17.3. The van der Waals surface area contributed by atoms with E-state index in [2.05, 4.69) is 20.5 Å². The van der Waals surface area contributed by atoms with E-state index in [9.17, 15) is 18.4 Å². The topological polar surface area (TPSA) is 104 Å². The largest absolute Gasteiger partial charge is 0.380 e. The molecule has 188 valence electrons. The fourth-order valence-corrected chi connectivity index (χ4v) is 3.95. The Balaban J connectivity index is 1.42. The number of primary amides is 1. The van der Waals surface area contributed by atoms with Gasteiger partial charge in [-0.25, -0.2) is 13.8 Å². The minimum absolute atomic E-state index is 0.0927. The van der Waals surface area contributed by atoms with E-state index >= 15 is 0 Å². The van der Waals surface area contributed by atoms with Crippen LogP contribution in [0.5, 0.6) is 0 Å². The normalized spacial score (nSPS) is 13.9. The summed E-state index contributed by atoms with van der Waals surface area (Å²) in [6, 6.07) is 12.6. The number of rotatable bonds is 8. The average molecular weight is 495 g/mol. The summed E-state index contributed by atoms with van der Waals surface area (Å²) in [4.78, 5) is 32.7. The molecule has 2 amide bonds. The van der Waals surface area contributed by atoms with Gasteiger partial charge in [0.15, 0.2) is 0 Å². The van der Waals surface area contributed by atoms with Crippen molar-refractivity contribution in [1.82, 2.24) is 14.8 Å². The average Bonchev–Trinajstić information content (AvgIpc) is 2.85. The fraction of sp³-hybridized carbons (Fsp3) is 0.269. The standard InChI is InChI=1S/C26H28F2N6O2/c1-33-9-11-34(12-10-33)25(35)13-17-5-7-18(8-6-17)32-24-14-23(20(16-31-24)26(29)36)30-15-19-21(27)3-2-4-22(19)28/h2-8,14,16H,9-13,15H2,1H3,(H2,29,36)(H2,30,31,32). The quantitative estimate of drug-likeness (QED) is 0.445. The second kappa shape index (κ2) is 11.1. The smallest absolute Gasteiger partial charge is 0.252 e. The molecule has 0 saturated carbocycles. The number of hydrogen-bond donors (Lipinski definition) is 3. The van der Waals surface area contributed by atoms with Gasteiger partial charge in [-0.3, -0.25) is 9.59 Å². The fourth-order valence-electron chi connectivity index (χ4n) is 3.95. The Morgan fingerprint density at radius 1 is 1.03 bits per heavy atom. The van der Waals surface area contributed by atoms with E-state index in [4.69, 9.17) is 5.73 Å². The van der Waals surface area contributed by atoms with E-state index in [0.29, 0.717) is 12.2 Å². The molecule has 0 unspecified atom stereocenters. The van der Waals surface area contributed by atoms with Crippen molar-refractivity contribution < 1.29 is 18.4 Å². The van der Waals surface area contributed by atoms with Gasteiger partial charge in [0, 0.05) is 56.2 Å². The van der Waals surface area contributed by atoms with Gasteiger partial charge in [0.05, 0.1) is 17.7 Å². The van der Waals surface area contributed by atoms with Crippen LogP contribution < -0.4 is 16.4 Å². The number of likely N-dealkylation sites (N-methyl/N-ethyl adjacent to an activating group) is 1. The summed E-state index contributed by atoms with van der Waals surface area (Å²) in [6.45, 7) is 3.05. The number of aromatic nitrogens is 1. The molecule has 8 nitrogen and oxygen atoms in total. The molecule has 10 heteroatoms. The lowest BCUT2D eigenvalue weighted by Gasteiger charge is -2.32. The van der Waals surface area contributed by atoms with E-state index in [1.807, 2.05) is 36.2 Å². The van der Waals surface area contributed by atoms with E-state index < -0.39 is 17.5 Å². The molecule has 3 aromatic rings. The van der Waals surface area contributed by atoms with Gasteiger partial charge in [0.25, 0.3) is 5.91 Å². The lowest BCUT2D eigenvalue weighted by atomic mass is 10.1. The number of carbonyl (C=O) groups excluding carboxylic acids is 2. The monoisotopic (exact) mass is 494 g/mol. The summed E-state index contributed by atoms with van der Waals surface area (Å²) in [5.74, 6) is -1.60. The summed E-state index contributed by atoms with van der Waals surface area (Å²) >= 11 is 0. The Morgan fingerprint density at radius 2 is 1.69 bits per heavy atom. The number of anilines is 3. The molecular formula is C26H28F2N6O2. The van der Waals surface area contributed by atoms with E-state index in [1.54, 1.807) is 6.07 Å². The first-order valence-corrected chi connectivity index (χ1v) is 11.6. The number of pyridine rings is 1. The number of carbonyl (C=O) groups is 2. The highest BCUT2D eigenvalue weighted by molar-refractivity contribution is 5.98. The summed E-state index contributed by atoms with van der Waals surface area (Å²) in [5.41, 5.74) is 7.29. The van der Waals surface area contributed by atoms with Crippen molar-refractivity contribution in [2.24, 2.45) is 5.73 Å². The van der Waals surface area contributed by atoms with Gasteiger partial charge in [0.2, 0.25) is 5.91 Å². The van der Waals surface area contributed by atoms with E-state index in [-0.39, 0.29) is 29.3 Å². The molecule has 1 fully saturated rings. The Labute approximate surface area is 208 Å². The summed E-state index contributed by atoms with van der Waals surface area (Å²) in [7, 11) is 2.05. The van der Waals surface area contributed by atoms with Crippen LogP contribution in [-0.2, 0) is 17.8 Å². The second-order valence-electron chi connectivity index (χ2n) is 8.72. The van der Waals surface area contributed by atoms with Gasteiger partial charge in [-0.1, -0.05) is 18.2 Å². The number of piperazine rings is 1. The lowest BCUT2D eigenvalue weighted by Crippen LogP contribution is -2.47. The minimum atomic E-state index is -0.722. The predicted molar refractivity (Wildman–Crippen MR) is 134 cm³/mol. The third kappa shape index (κ3) is 6.14. The van der Waals surface area contributed by atoms with Gasteiger partial charge in [-0.15, -0.1) is 0 Å². The highest BCUT2D eigenvalue weighted by Gasteiger charge is 2.19. The third-order valence-corrected chi connectivity index (χ3v) is 6.12. The van der Waals surface area contributed by atoms with Gasteiger partial charge in [-0.2, -0.15) is 0 Å². The Hall–Kier alpha value is -4.05. The molecule has 2 aromatic carbocycles. The maximum absolute atomic E-state index is 14.0. The van der Waals surface area contributed by atoms with Gasteiger partial charge in [0.1, 0.15) is 17.5 Å². The van der Waals surface area contributed by atoms with Crippen LogP contribution >= 0.6 is 0 Å². The van der Waals surface area contributed by atoms with Crippen molar-refractivity contribution >= 4 is 29.0 Å². The third-order valence-electron chi connectivity index (χ3n) is 6.12. The van der Waals surface area contributed by atoms with Gasteiger partial charge < -0.3 is 26.2 Å². The second-order valence-corrected chi connectivity index (χ2v) is 8.72. The first-order valence-electron chi connectivity index (χ1n) is 11.6. The number of halogens is 2. The van der Waals surface area contributed by atoms with Crippen LogP contribution in [-0.4, -0.2) is 59.8 Å². The molecule has 4 rings (SSSR count). The zero-order valence-electron chi connectivity index (χ0n) is 19.9. The number of nitrogens with two attached hydrogens (primary N) is 1. The predicted octanol–water partition coefficient (Wildman–Crippen LogP) is 3.13.